The molecule has 5 N–H and O–H groups in total. The fourth-order valence-electron chi connectivity index (χ4n) is 3.19. The van der Waals surface area contributed by atoms with Crippen LogP contribution in [0.3, 0.4) is 0 Å². The molecule has 2 aromatic heterocycles. The highest BCUT2D eigenvalue weighted by atomic mass is 16.4. The van der Waals surface area contributed by atoms with Crippen molar-refractivity contribution in [1.29, 1.82) is 0 Å². The molecule has 2 aromatic rings. The lowest BCUT2D eigenvalue weighted by molar-refractivity contribution is 0.0815. The van der Waals surface area contributed by atoms with E-state index in [4.69, 9.17) is 14.6 Å². The molecule has 0 saturated heterocycles. The Morgan fingerprint density at radius 3 is 2.54 bits per heavy atom. The van der Waals surface area contributed by atoms with E-state index in [1.54, 1.807) is 13.0 Å². The number of amides is 4. The number of primary amides is 1. The number of hydrazine groups is 1. The Kier molecular flexibility index (Phi) is 4.95. The van der Waals surface area contributed by atoms with Crippen molar-refractivity contribution in [2.24, 2.45) is 16.3 Å². The normalized spacial score (nSPS) is 16.3. The summed E-state index contributed by atoms with van der Waals surface area (Å²) in [6.07, 6.45) is 2.51. The van der Waals surface area contributed by atoms with Gasteiger partial charge in [0.25, 0.3) is 0 Å². The summed E-state index contributed by atoms with van der Waals surface area (Å²) in [5.74, 6) is -0.520. The van der Waals surface area contributed by atoms with E-state index in [-0.39, 0.29) is 16.9 Å². The first kappa shape index (κ1) is 19.2. The maximum atomic E-state index is 12.5. The standard InChI is InChI=1S/C18H21N5O5/c1-9-13-10(20-23-17(19)26)7-18(2,3)8-12(13)28-14(9)16(25)22-21-15(24)11-5-4-6-27-11/h4-6H,7-8H2,1-3H3,(H,21,24)(H,22,25)(H3,19,23,26)/b20-10-. The Bertz CT molecular complexity index is 955. The van der Waals surface area contributed by atoms with Crippen LogP contribution in [0.4, 0.5) is 4.79 Å². The number of fused-ring (bicyclic) bond motifs is 1. The van der Waals surface area contributed by atoms with Crippen LogP contribution in [0.5, 0.6) is 0 Å². The number of carbonyl (C=O) groups is 3. The largest absolute Gasteiger partial charge is 0.459 e. The van der Waals surface area contributed by atoms with Crippen LogP contribution >= 0.6 is 0 Å². The zero-order valence-electron chi connectivity index (χ0n) is 15.7. The number of rotatable bonds is 3. The highest BCUT2D eigenvalue weighted by Crippen LogP contribution is 2.38. The molecule has 0 radical (unpaired) electrons. The maximum Gasteiger partial charge on any atom is 0.332 e. The summed E-state index contributed by atoms with van der Waals surface area (Å²) >= 11 is 0. The van der Waals surface area contributed by atoms with Gasteiger partial charge >= 0.3 is 17.8 Å². The Hall–Kier alpha value is -3.56. The topological polar surface area (TPSA) is 152 Å². The van der Waals surface area contributed by atoms with Crippen molar-refractivity contribution < 1.29 is 23.2 Å². The summed E-state index contributed by atoms with van der Waals surface area (Å²) in [7, 11) is 0. The van der Waals surface area contributed by atoms with Gasteiger partial charge in [-0.15, -0.1) is 0 Å². The van der Waals surface area contributed by atoms with Gasteiger partial charge in [0, 0.05) is 17.5 Å². The third-order valence-corrected chi connectivity index (χ3v) is 4.34. The van der Waals surface area contributed by atoms with Crippen molar-refractivity contribution in [2.75, 3.05) is 0 Å². The maximum absolute atomic E-state index is 12.5. The molecule has 0 bridgehead atoms. The number of furan rings is 2. The average Bonchev–Trinajstić information content (AvgIpc) is 3.25. The Balaban J connectivity index is 1.84. The number of nitrogens with one attached hydrogen (secondary N) is 3. The molecule has 3 rings (SSSR count). The molecule has 0 fully saturated rings. The van der Waals surface area contributed by atoms with Gasteiger partial charge in [-0.1, -0.05) is 13.8 Å². The summed E-state index contributed by atoms with van der Waals surface area (Å²) in [4.78, 5) is 35.4. The van der Waals surface area contributed by atoms with Crippen LogP contribution in [0, 0.1) is 12.3 Å². The molecule has 0 unspecified atom stereocenters. The molecule has 0 spiro atoms. The number of carbonyl (C=O) groups excluding carboxylic acids is 3. The molecule has 4 amide bonds. The van der Waals surface area contributed by atoms with E-state index in [2.05, 4.69) is 21.4 Å². The van der Waals surface area contributed by atoms with Crippen molar-refractivity contribution >= 4 is 23.6 Å². The van der Waals surface area contributed by atoms with Gasteiger partial charge < -0.3 is 14.6 Å². The lowest BCUT2D eigenvalue weighted by Gasteiger charge is -2.29. The molecule has 0 aliphatic heterocycles. The smallest absolute Gasteiger partial charge is 0.332 e. The molecule has 0 atom stereocenters. The molecule has 1 aliphatic carbocycles. The number of nitrogens with zero attached hydrogens (tertiary/aromatic N) is 1. The summed E-state index contributed by atoms with van der Waals surface area (Å²) in [6, 6.07) is 2.25. The Morgan fingerprint density at radius 2 is 1.89 bits per heavy atom. The van der Waals surface area contributed by atoms with E-state index in [0.717, 1.165) is 0 Å². The first-order valence-electron chi connectivity index (χ1n) is 8.57. The number of hydrogen-bond donors (Lipinski definition) is 4. The van der Waals surface area contributed by atoms with E-state index in [0.29, 0.717) is 35.4 Å². The highest BCUT2D eigenvalue weighted by Gasteiger charge is 2.36. The fraction of sp³-hybridized carbons (Fsp3) is 0.333. The van der Waals surface area contributed by atoms with Crippen molar-refractivity contribution in [3.63, 3.8) is 0 Å². The molecule has 1 aliphatic rings. The third-order valence-electron chi connectivity index (χ3n) is 4.34. The molecular formula is C18H21N5O5. The summed E-state index contributed by atoms with van der Waals surface area (Å²) in [6.45, 7) is 5.76. The number of nitrogens with two attached hydrogens (primary N) is 1. The zero-order valence-corrected chi connectivity index (χ0v) is 15.7. The minimum Gasteiger partial charge on any atom is -0.459 e. The molecule has 2 heterocycles. The first-order valence-corrected chi connectivity index (χ1v) is 8.57. The molecule has 0 aromatic carbocycles. The van der Waals surface area contributed by atoms with Crippen LogP contribution in [0.2, 0.25) is 0 Å². The van der Waals surface area contributed by atoms with Crippen LogP contribution in [-0.4, -0.2) is 23.6 Å². The van der Waals surface area contributed by atoms with E-state index >= 15 is 0 Å². The van der Waals surface area contributed by atoms with E-state index in [9.17, 15) is 14.4 Å². The van der Waals surface area contributed by atoms with Crippen molar-refractivity contribution in [3.8, 4) is 0 Å². The van der Waals surface area contributed by atoms with E-state index in [1.165, 1.54) is 12.3 Å². The zero-order chi connectivity index (χ0) is 20.5. The lowest BCUT2D eigenvalue weighted by Crippen LogP contribution is -2.41. The second-order valence-electron chi connectivity index (χ2n) is 7.29. The van der Waals surface area contributed by atoms with E-state index < -0.39 is 17.8 Å². The fourth-order valence-corrected chi connectivity index (χ4v) is 3.19. The van der Waals surface area contributed by atoms with Gasteiger partial charge in [-0.05, 0) is 30.9 Å². The molecule has 0 saturated carbocycles. The Morgan fingerprint density at radius 1 is 1.18 bits per heavy atom. The van der Waals surface area contributed by atoms with Gasteiger partial charge in [-0.2, -0.15) is 5.10 Å². The molecule has 10 heteroatoms. The van der Waals surface area contributed by atoms with Crippen LogP contribution in [-0.2, 0) is 6.42 Å². The van der Waals surface area contributed by atoms with Gasteiger partial charge in [0.05, 0.1) is 12.0 Å². The van der Waals surface area contributed by atoms with Gasteiger partial charge in [0.15, 0.2) is 11.5 Å². The second-order valence-corrected chi connectivity index (χ2v) is 7.29. The monoisotopic (exact) mass is 387 g/mol. The van der Waals surface area contributed by atoms with Crippen molar-refractivity contribution in [2.45, 2.75) is 33.6 Å². The van der Waals surface area contributed by atoms with Gasteiger partial charge in [-0.3, -0.25) is 20.4 Å². The predicted octanol–water partition coefficient (Wildman–Crippen LogP) is 1.60. The van der Waals surface area contributed by atoms with Gasteiger partial charge in [0.1, 0.15) is 5.76 Å². The molecule has 148 valence electrons. The highest BCUT2D eigenvalue weighted by molar-refractivity contribution is 6.07. The van der Waals surface area contributed by atoms with Crippen LogP contribution in [0.15, 0.2) is 32.3 Å². The van der Waals surface area contributed by atoms with Crippen molar-refractivity contribution in [1.82, 2.24) is 16.3 Å². The summed E-state index contributed by atoms with van der Waals surface area (Å²) < 4.78 is 10.7. The molecule has 10 nitrogen and oxygen atoms in total. The number of hydrazone groups is 1. The third kappa shape index (κ3) is 3.90. The van der Waals surface area contributed by atoms with Crippen LogP contribution in [0.25, 0.3) is 0 Å². The van der Waals surface area contributed by atoms with Crippen molar-refractivity contribution in [3.05, 3.63) is 46.8 Å². The number of hydrogen-bond acceptors (Lipinski definition) is 6. The molecule has 28 heavy (non-hydrogen) atoms. The minimum absolute atomic E-state index is 0.0502. The SMILES string of the molecule is Cc1c(C(=O)NNC(=O)c2ccco2)oc2c1/C(=N\NC(N)=O)CC(C)(C)C2. The average molecular weight is 387 g/mol. The number of urea groups is 1. The predicted molar refractivity (Wildman–Crippen MR) is 98.4 cm³/mol. The Labute approximate surface area is 160 Å². The summed E-state index contributed by atoms with van der Waals surface area (Å²) in [5.41, 5.74) is 13.5. The van der Waals surface area contributed by atoms with E-state index in [1.807, 2.05) is 13.8 Å². The second kappa shape index (κ2) is 7.22. The summed E-state index contributed by atoms with van der Waals surface area (Å²) in [5, 5.41) is 4.08. The quantitative estimate of drug-likeness (QED) is 0.590. The van der Waals surface area contributed by atoms with Gasteiger partial charge in [-0.25, -0.2) is 10.2 Å². The molecular weight excluding hydrogens is 366 g/mol. The van der Waals surface area contributed by atoms with Crippen LogP contribution < -0.4 is 22.0 Å². The van der Waals surface area contributed by atoms with Gasteiger partial charge in [0.2, 0.25) is 0 Å². The first-order chi connectivity index (χ1) is 13.2. The minimum atomic E-state index is -0.780. The lowest BCUT2D eigenvalue weighted by atomic mass is 9.75. The van der Waals surface area contributed by atoms with Crippen LogP contribution in [0.1, 0.15) is 58.3 Å².